The number of carbonyl (C=O) groups is 1. The van der Waals surface area contributed by atoms with Crippen molar-refractivity contribution in [2.45, 2.75) is 26.9 Å². The minimum Gasteiger partial charge on any atom is -0.491 e. The van der Waals surface area contributed by atoms with Gasteiger partial charge >= 0.3 is 5.97 Å². The summed E-state index contributed by atoms with van der Waals surface area (Å²) in [4.78, 5) is 12.5. The Hall–Kier alpha value is -1.71. The van der Waals surface area contributed by atoms with E-state index in [4.69, 9.17) is 9.84 Å². The van der Waals surface area contributed by atoms with Gasteiger partial charge in [-0.05, 0) is 45.0 Å². The molecule has 0 saturated heterocycles. The summed E-state index contributed by atoms with van der Waals surface area (Å²) in [6, 6.07) is 7.48. The lowest BCUT2D eigenvalue weighted by atomic mass is 10.2. The molecule has 0 spiro atoms. The number of benzene rings is 1. The number of carboxylic acids is 1. The molecule has 0 amide bonds. The first-order chi connectivity index (χ1) is 8.02. The highest BCUT2D eigenvalue weighted by atomic mass is 16.5. The van der Waals surface area contributed by atoms with Crippen molar-refractivity contribution in [3.05, 3.63) is 24.3 Å². The molecular formula is C13H19NO3. The second-order valence-electron chi connectivity index (χ2n) is 4.07. The number of anilines is 1. The van der Waals surface area contributed by atoms with E-state index in [1.807, 2.05) is 45.0 Å². The van der Waals surface area contributed by atoms with Crippen molar-refractivity contribution in [1.82, 2.24) is 0 Å². The predicted octanol–water partition coefficient (Wildman–Crippen LogP) is 2.38. The molecule has 1 N–H and O–H groups in total. The van der Waals surface area contributed by atoms with Gasteiger partial charge in [0.2, 0.25) is 0 Å². The molecule has 1 aromatic carbocycles. The number of carboxylic acid groups (broad SMARTS) is 1. The molecule has 94 valence electrons. The Bertz CT molecular complexity index is 359. The van der Waals surface area contributed by atoms with Crippen LogP contribution in [0.2, 0.25) is 0 Å². The third-order valence-corrected chi connectivity index (χ3v) is 2.28. The van der Waals surface area contributed by atoms with Crippen LogP contribution in [-0.4, -0.2) is 30.3 Å². The lowest BCUT2D eigenvalue weighted by Crippen LogP contribution is -2.29. The van der Waals surface area contributed by atoms with E-state index in [9.17, 15) is 4.79 Å². The Balaban J connectivity index is 2.74. The topological polar surface area (TPSA) is 49.8 Å². The molecule has 0 bridgehead atoms. The normalized spacial score (nSPS) is 10.4. The van der Waals surface area contributed by atoms with Crippen molar-refractivity contribution >= 4 is 11.7 Å². The maximum atomic E-state index is 10.7. The molecule has 0 saturated carbocycles. The molecule has 4 heteroatoms. The molecule has 0 heterocycles. The molecule has 0 aliphatic carbocycles. The molecule has 1 rings (SSSR count). The average molecular weight is 237 g/mol. The molecule has 0 atom stereocenters. The number of likely N-dealkylation sites (N-methyl/N-ethyl adjacent to an activating group) is 1. The zero-order valence-corrected chi connectivity index (χ0v) is 10.5. The average Bonchev–Trinajstić information content (AvgIpc) is 2.26. The molecule has 0 radical (unpaired) electrons. The van der Waals surface area contributed by atoms with Gasteiger partial charge in [-0.2, -0.15) is 0 Å². The Morgan fingerprint density at radius 2 is 1.94 bits per heavy atom. The van der Waals surface area contributed by atoms with Crippen LogP contribution in [0.4, 0.5) is 5.69 Å². The van der Waals surface area contributed by atoms with Gasteiger partial charge in [-0.1, -0.05) is 0 Å². The second-order valence-corrected chi connectivity index (χ2v) is 4.07. The zero-order valence-electron chi connectivity index (χ0n) is 10.5. The van der Waals surface area contributed by atoms with E-state index in [0.717, 1.165) is 11.4 Å². The van der Waals surface area contributed by atoms with Gasteiger partial charge in [-0.15, -0.1) is 0 Å². The Morgan fingerprint density at radius 1 is 1.35 bits per heavy atom. The van der Waals surface area contributed by atoms with Crippen molar-refractivity contribution < 1.29 is 14.6 Å². The first-order valence-corrected chi connectivity index (χ1v) is 5.76. The van der Waals surface area contributed by atoms with Gasteiger partial charge in [0.1, 0.15) is 12.3 Å². The SMILES string of the molecule is CCN(CC(=O)O)c1ccc(OC(C)C)cc1. The van der Waals surface area contributed by atoms with E-state index >= 15 is 0 Å². The molecule has 17 heavy (non-hydrogen) atoms. The summed E-state index contributed by atoms with van der Waals surface area (Å²) in [6.07, 6.45) is 0.141. The quantitative estimate of drug-likeness (QED) is 0.825. The summed E-state index contributed by atoms with van der Waals surface area (Å²) in [5.41, 5.74) is 0.894. The van der Waals surface area contributed by atoms with Gasteiger partial charge in [0, 0.05) is 12.2 Å². The fourth-order valence-electron chi connectivity index (χ4n) is 1.56. The Labute approximate surface area is 102 Å². The standard InChI is InChI=1S/C13H19NO3/c1-4-14(9-13(15)16)11-5-7-12(8-6-11)17-10(2)3/h5-8,10H,4,9H2,1-3H3,(H,15,16). The molecule has 0 fully saturated rings. The van der Waals surface area contributed by atoms with Crippen molar-refractivity contribution in [3.8, 4) is 5.75 Å². The third-order valence-electron chi connectivity index (χ3n) is 2.28. The van der Waals surface area contributed by atoms with Crippen LogP contribution in [0.1, 0.15) is 20.8 Å². The third kappa shape index (κ3) is 4.34. The van der Waals surface area contributed by atoms with Crippen LogP contribution in [0.25, 0.3) is 0 Å². The number of hydrogen-bond acceptors (Lipinski definition) is 3. The van der Waals surface area contributed by atoms with Gasteiger partial charge < -0.3 is 14.7 Å². The Kier molecular flexibility index (Phi) is 4.82. The fraction of sp³-hybridized carbons (Fsp3) is 0.462. The zero-order chi connectivity index (χ0) is 12.8. The highest BCUT2D eigenvalue weighted by Gasteiger charge is 2.08. The summed E-state index contributed by atoms with van der Waals surface area (Å²) in [7, 11) is 0. The molecule has 0 aliphatic heterocycles. The van der Waals surface area contributed by atoms with E-state index in [0.29, 0.717) is 6.54 Å². The number of ether oxygens (including phenoxy) is 1. The smallest absolute Gasteiger partial charge is 0.323 e. The highest BCUT2D eigenvalue weighted by molar-refractivity contribution is 5.73. The van der Waals surface area contributed by atoms with Crippen LogP contribution in [0.15, 0.2) is 24.3 Å². The first kappa shape index (κ1) is 13.4. The van der Waals surface area contributed by atoms with E-state index in [-0.39, 0.29) is 12.6 Å². The van der Waals surface area contributed by atoms with Gasteiger partial charge in [0.15, 0.2) is 0 Å². The van der Waals surface area contributed by atoms with E-state index < -0.39 is 5.97 Å². The van der Waals surface area contributed by atoms with E-state index in [2.05, 4.69) is 0 Å². The van der Waals surface area contributed by atoms with Gasteiger partial charge in [-0.3, -0.25) is 4.79 Å². The van der Waals surface area contributed by atoms with Gasteiger partial charge in [0.05, 0.1) is 6.10 Å². The van der Waals surface area contributed by atoms with Crippen LogP contribution >= 0.6 is 0 Å². The maximum Gasteiger partial charge on any atom is 0.323 e. The summed E-state index contributed by atoms with van der Waals surface area (Å²) in [5, 5.41) is 8.78. The summed E-state index contributed by atoms with van der Waals surface area (Å²) < 4.78 is 5.53. The van der Waals surface area contributed by atoms with Crippen molar-refractivity contribution in [1.29, 1.82) is 0 Å². The lowest BCUT2D eigenvalue weighted by Gasteiger charge is -2.21. The number of nitrogens with zero attached hydrogens (tertiary/aromatic N) is 1. The van der Waals surface area contributed by atoms with E-state index in [1.165, 1.54) is 0 Å². The summed E-state index contributed by atoms with van der Waals surface area (Å²) in [6.45, 7) is 6.55. The monoisotopic (exact) mass is 237 g/mol. The lowest BCUT2D eigenvalue weighted by molar-refractivity contribution is -0.135. The number of rotatable bonds is 6. The van der Waals surface area contributed by atoms with Crippen LogP contribution < -0.4 is 9.64 Å². The molecule has 0 aliphatic rings. The highest BCUT2D eigenvalue weighted by Crippen LogP contribution is 2.20. The first-order valence-electron chi connectivity index (χ1n) is 5.76. The minimum atomic E-state index is -0.825. The van der Waals surface area contributed by atoms with Crippen molar-refractivity contribution in [2.24, 2.45) is 0 Å². The molecular weight excluding hydrogens is 218 g/mol. The molecule has 1 aromatic rings. The molecule has 0 aromatic heterocycles. The summed E-state index contributed by atoms with van der Waals surface area (Å²) >= 11 is 0. The predicted molar refractivity (Wildman–Crippen MR) is 67.7 cm³/mol. The fourth-order valence-corrected chi connectivity index (χ4v) is 1.56. The minimum absolute atomic E-state index is 0.0148. The number of hydrogen-bond donors (Lipinski definition) is 1. The largest absolute Gasteiger partial charge is 0.491 e. The van der Waals surface area contributed by atoms with Crippen LogP contribution in [0, 0.1) is 0 Å². The number of aliphatic carboxylic acids is 1. The maximum absolute atomic E-state index is 10.7. The van der Waals surface area contributed by atoms with Gasteiger partial charge in [-0.25, -0.2) is 0 Å². The van der Waals surface area contributed by atoms with Crippen molar-refractivity contribution in [2.75, 3.05) is 18.0 Å². The second kappa shape index (κ2) is 6.13. The van der Waals surface area contributed by atoms with Gasteiger partial charge in [0.25, 0.3) is 0 Å². The van der Waals surface area contributed by atoms with E-state index in [1.54, 1.807) is 4.90 Å². The molecule has 4 nitrogen and oxygen atoms in total. The van der Waals surface area contributed by atoms with Crippen molar-refractivity contribution in [3.63, 3.8) is 0 Å². The van der Waals surface area contributed by atoms with Crippen LogP contribution in [0.3, 0.4) is 0 Å². The van der Waals surface area contributed by atoms with Crippen LogP contribution in [-0.2, 0) is 4.79 Å². The molecule has 0 unspecified atom stereocenters. The van der Waals surface area contributed by atoms with Crippen LogP contribution in [0.5, 0.6) is 5.75 Å². The summed E-state index contributed by atoms with van der Waals surface area (Å²) in [5.74, 6) is -0.0236. The Morgan fingerprint density at radius 3 is 2.35 bits per heavy atom.